The van der Waals surface area contributed by atoms with Gasteiger partial charge in [-0.3, -0.25) is 9.59 Å². The molecule has 0 radical (unpaired) electrons. The van der Waals surface area contributed by atoms with E-state index in [1.54, 1.807) is 24.3 Å². The van der Waals surface area contributed by atoms with E-state index in [0.29, 0.717) is 17.9 Å². The minimum atomic E-state index is -0.394. The number of amides is 2. The highest BCUT2D eigenvalue weighted by Crippen LogP contribution is 2.18. The third-order valence-electron chi connectivity index (χ3n) is 4.21. The zero-order valence-electron chi connectivity index (χ0n) is 14.2. The first-order valence-corrected chi connectivity index (χ1v) is 8.58. The lowest BCUT2D eigenvalue weighted by molar-refractivity contribution is -0.124. The van der Waals surface area contributed by atoms with Crippen LogP contribution < -0.4 is 10.6 Å². The highest BCUT2D eigenvalue weighted by molar-refractivity contribution is 6.05. The summed E-state index contributed by atoms with van der Waals surface area (Å²) in [4.78, 5) is 24.6. The average Bonchev–Trinajstić information content (AvgIpc) is 3.17. The van der Waals surface area contributed by atoms with E-state index in [-0.39, 0.29) is 11.8 Å². The molecule has 25 heavy (non-hydrogen) atoms. The van der Waals surface area contributed by atoms with E-state index in [0.717, 1.165) is 30.5 Å². The fourth-order valence-corrected chi connectivity index (χ4v) is 2.82. The molecule has 2 aromatic carbocycles. The smallest absolute Gasteiger partial charge is 0.255 e. The van der Waals surface area contributed by atoms with Crippen molar-refractivity contribution in [2.24, 2.45) is 0 Å². The molecular weight excluding hydrogens is 316 g/mol. The van der Waals surface area contributed by atoms with Crippen LogP contribution in [0.4, 0.5) is 11.4 Å². The number of hydrogen-bond donors (Lipinski definition) is 2. The first-order chi connectivity index (χ1) is 12.2. The van der Waals surface area contributed by atoms with Crippen LogP contribution in [0.1, 0.15) is 35.7 Å². The molecule has 3 rings (SSSR count). The monoisotopic (exact) mass is 338 g/mol. The molecule has 0 aromatic heterocycles. The topological polar surface area (TPSA) is 67.4 Å². The quantitative estimate of drug-likeness (QED) is 0.875. The highest BCUT2D eigenvalue weighted by atomic mass is 16.5. The number of carbonyl (C=O) groups excluding carboxylic acids is 2. The third-order valence-corrected chi connectivity index (χ3v) is 4.21. The Morgan fingerprint density at radius 3 is 2.56 bits per heavy atom. The van der Waals surface area contributed by atoms with Crippen LogP contribution in [0.2, 0.25) is 0 Å². The number of benzene rings is 2. The molecule has 130 valence electrons. The maximum Gasteiger partial charge on any atom is 0.255 e. The van der Waals surface area contributed by atoms with E-state index < -0.39 is 6.10 Å². The lowest BCUT2D eigenvalue weighted by atomic mass is 10.1. The molecule has 1 unspecified atom stereocenters. The van der Waals surface area contributed by atoms with Crippen molar-refractivity contribution in [3.63, 3.8) is 0 Å². The summed E-state index contributed by atoms with van der Waals surface area (Å²) >= 11 is 0. The molecule has 1 saturated heterocycles. The minimum absolute atomic E-state index is 0.161. The molecule has 0 spiro atoms. The summed E-state index contributed by atoms with van der Waals surface area (Å²) in [6, 6.07) is 14.7. The van der Waals surface area contributed by atoms with E-state index in [1.807, 2.05) is 24.3 Å². The van der Waals surface area contributed by atoms with Crippen LogP contribution >= 0.6 is 0 Å². The van der Waals surface area contributed by atoms with Crippen LogP contribution in [-0.4, -0.2) is 24.5 Å². The molecule has 5 heteroatoms. The normalized spacial score (nSPS) is 16.4. The van der Waals surface area contributed by atoms with Gasteiger partial charge in [0.25, 0.3) is 11.8 Å². The van der Waals surface area contributed by atoms with Crippen molar-refractivity contribution in [3.8, 4) is 0 Å². The predicted molar refractivity (Wildman–Crippen MR) is 97.8 cm³/mol. The Balaban J connectivity index is 1.67. The Bertz CT molecular complexity index is 767. The summed E-state index contributed by atoms with van der Waals surface area (Å²) in [6.45, 7) is 2.69. The van der Waals surface area contributed by atoms with Crippen LogP contribution in [0.25, 0.3) is 0 Å². The van der Waals surface area contributed by atoms with Crippen molar-refractivity contribution in [2.45, 2.75) is 32.3 Å². The van der Waals surface area contributed by atoms with E-state index in [9.17, 15) is 9.59 Å². The SMILES string of the molecule is CCc1cccc(NC(=O)c2cccc(NC(=O)C3CCCO3)c2)c1. The highest BCUT2D eigenvalue weighted by Gasteiger charge is 2.23. The van der Waals surface area contributed by atoms with Gasteiger partial charge in [-0.25, -0.2) is 0 Å². The molecule has 1 heterocycles. The predicted octanol–water partition coefficient (Wildman–Crippen LogP) is 3.62. The fourth-order valence-electron chi connectivity index (χ4n) is 2.82. The van der Waals surface area contributed by atoms with Crippen LogP contribution in [0, 0.1) is 0 Å². The number of nitrogens with one attached hydrogen (secondary N) is 2. The molecule has 0 bridgehead atoms. The van der Waals surface area contributed by atoms with Gasteiger partial charge < -0.3 is 15.4 Å². The van der Waals surface area contributed by atoms with Crippen molar-refractivity contribution < 1.29 is 14.3 Å². The summed E-state index contributed by atoms with van der Waals surface area (Å²) in [5.41, 5.74) is 3.01. The molecular formula is C20H22N2O3. The number of aryl methyl sites for hydroxylation is 1. The molecule has 2 aromatic rings. The lowest BCUT2D eigenvalue weighted by Crippen LogP contribution is -2.27. The van der Waals surface area contributed by atoms with Gasteiger partial charge in [-0.2, -0.15) is 0 Å². The molecule has 1 atom stereocenters. The van der Waals surface area contributed by atoms with E-state index in [2.05, 4.69) is 17.6 Å². The fraction of sp³-hybridized carbons (Fsp3) is 0.300. The van der Waals surface area contributed by atoms with Gasteiger partial charge >= 0.3 is 0 Å². The van der Waals surface area contributed by atoms with Crippen LogP contribution in [-0.2, 0) is 16.0 Å². The Morgan fingerprint density at radius 1 is 1.08 bits per heavy atom. The van der Waals surface area contributed by atoms with Gasteiger partial charge in [0.2, 0.25) is 0 Å². The number of carbonyl (C=O) groups is 2. The summed E-state index contributed by atoms with van der Waals surface area (Å²) < 4.78 is 5.37. The standard InChI is InChI=1S/C20H22N2O3/c1-2-14-6-3-8-16(12-14)21-19(23)15-7-4-9-17(13-15)22-20(24)18-10-5-11-25-18/h3-4,6-9,12-13,18H,2,5,10-11H2,1H3,(H,21,23)(H,22,24). The lowest BCUT2D eigenvalue weighted by Gasteiger charge is -2.12. The maximum atomic E-state index is 12.5. The van der Waals surface area contributed by atoms with Gasteiger partial charge in [0.05, 0.1) is 0 Å². The van der Waals surface area contributed by atoms with Crippen molar-refractivity contribution in [1.82, 2.24) is 0 Å². The molecule has 1 fully saturated rings. The van der Waals surface area contributed by atoms with Gasteiger partial charge in [-0.15, -0.1) is 0 Å². The number of hydrogen-bond acceptors (Lipinski definition) is 3. The Labute approximate surface area is 147 Å². The first kappa shape index (κ1) is 17.2. The van der Waals surface area contributed by atoms with E-state index in [1.165, 1.54) is 0 Å². The second-order valence-corrected chi connectivity index (χ2v) is 6.08. The zero-order chi connectivity index (χ0) is 17.6. The molecule has 0 saturated carbocycles. The van der Waals surface area contributed by atoms with Gasteiger partial charge in [-0.1, -0.05) is 25.1 Å². The largest absolute Gasteiger partial charge is 0.368 e. The zero-order valence-corrected chi connectivity index (χ0v) is 14.2. The van der Waals surface area contributed by atoms with Crippen LogP contribution in [0.15, 0.2) is 48.5 Å². The maximum absolute atomic E-state index is 12.5. The van der Waals surface area contributed by atoms with Gasteiger partial charge in [0.1, 0.15) is 6.10 Å². The van der Waals surface area contributed by atoms with Gasteiger partial charge in [0.15, 0.2) is 0 Å². The van der Waals surface area contributed by atoms with Crippen LogP contribution in [0.5, 0.6) is 0 Å². The number of rotatable bonds is 5. The second-order valence-electron chi connectivity index (χ2n) is 6.08. The van der Waals surface area contributed by atoms with Crippen molar-refractivity contribution in [1.29, 1.82) is 0 Å². The molecule has 2 amide bonds. The van der Waals surface area contributed by atoms with Crippen LogP contribution in [0.3, 0.4) is 0 Å². The molecule has 2 N–H and O–H groups in total. The molecule has 0 aliphatic carbocycles. The van der Waals surface area contributed by atoms with Gasteiger partial charge in [0, 0.05) is 23.5 Å². The molecule has 1 aliphatic heterocycles. The summed E-state index contributed by atoms with van der Waals surface area (Å²) in [7, 11) is 0. The first-order valence-electron chi connectivity index (χ1n) is 8.58. The third kappa shape index (κ3) is 4.45. The van der Waals surface area contributed by atoms with Crippen molar-refractivity contribution in [3.05, 3.63) is 59.7 Å². The summed E-state index contributed by atoms with van der Waals surface area (Å²) in [5, 5.41) is 5.71. The Morgan fingerprint density at radius 2 is 1.84 bits per heavy atom. The second kappa shape index (κ2) is 7.94. The van der Waals surface area contributed by atoms with E-state index in [4.69, 9.17) is 4.74 Å². The Hall–Kier alpha value is -2.66. The van der Waals surface area contributed by atoms with Gasteiger partial charge in [-0.05, 0) is 55.2 Å². The Kier molecular flexibility index (Phi) is 5.46. The summed E-state index contributed by atoms with van der Waals surface area (Å²) in [5.74, 6) is -0.368. The number of ether oxygens (including phenoxy) is 1. The number of anilines is 2. The minimum Gasteiger partial charge on any atom is -0.368 e. The summed E-state index contributed by atoms with van der Waals surface area (Å²) in [6.07, 6.45) is 2.15. The van der Waals surface area contributed by atoms with Crippen molar-refractivity contribution in [2.75, 3.05) is 17.2 Å². The molecule has 5 nitrogen and oxygen atoms in total. The van der Waals surface area contributed by atoms with Crippen molar-refractivity contribution >= 4 is 23.2 Å². The van der Waals surface area contributed by atoms with E-state index >= 15 is 0 Å². The molecule has 1 aliphatic rings. The average molecular weight is 338 g/mol.